The molecule has 1 saturated heterocycles. The summed E-state index contributed by atoms with van der Waals surface area (Å²) in [5, 5.41) is 0. The Labute approximate surface area is 115 Å². The lowest BCUT2D eigenvalue weighted by Crippen LogP contribution is -2.34. The quantitative estimate of drug-likeness (QED) is 0.836. The van der Waals surface area contributed by atoms with Crippen LogP contribution in [0.25, 0.3) is 0 Å². The van der Waals surface area contributed by atoms with E-state index in [0.29, 0.717) is 17.8 Å². The summed E-state index contributed by atoms with van der Waals surface area (Å²) in [5.41, 5.74) is -0.867. The Kier molecular flexibility index (Phi) is 3.02. The number of aromatic nitrogens is 2. The highest BCUT2D eigenvalue weighted by molar-refractivity contribution is 5.47. The highest BCUT2D eigenvalue weighted by atomic mass is 19.4. The maximum Gasteiger partial charge on any atom is 0.433 e. The van der Waals surface area contributed by atoms with E-state index < -0.39 is 11.9 Å². The van der Waals surface area contributed by atoms with Gasteiger partial charge in [-0.1, -0.05) is 0 Å². The number of piperidine rings is 1. The summed E-state index contributed by atoms with van der Waals surface area (Å²) in [6.07, 6.45) is -1.19. The van der Waals surface area contributed by atoms with Gasteiger partial charge in [0.05, 0.1) is 0 Å². The van der Waals surface area contributed by atoms with E-state index >= 15 is 0 Å². The van der Waals surface area contributed by atoms with Gasteiger partial charge in [-0.05, 0) is 25.2 Å². The molecule has 0 N–H and O–H groups in total. The van der Waals surface area contributed by atoms with Crippen molar-refractivity contribution in [1.82, 2.24) is 9.97 Å². The van der Waals surface area contributed by atoms with Crippen LogP contribution in [-0.4, -0.2) is 36.6 Å². The van der Waals surface area contributed by atoms with Gasteiger partial charge in [0.1, 0.15) is 5.82 Å². The van der Waals surface area contributed by atoms with E-state index in [1.165, 1.54) is 6.42 Å². The normalized spacial score (nSPS) is 25.4. The third-order valence-electron chi connectivity index (χ3n) is 4.12. The molecule has 2 atom stereocenters. The highest BCUT2D eigenvalue weighted by Crippen LogP contribution is 2.40. The molecule has 0 aromatic carbocycles. The number of nitrogens with zero attached hydrogens (tertiary/aromatic N) is 4. The van der Waals surface area contributed by atoms with Gasteiger partial charge in [0, 0.05) is 32.7 Å². The zero-order valence-corrected chi connectivity index (χ0v) is 11.5. The molecular weight excluding hydrogens is 269 g/mol. The molecule has 2 unspecified atom stereocenters. The van der Waals surface area contributed by atoms with Crippen molar-refractivity contribution in [3.05, 3.63) is 11.8 Å². The zero-order chi connectivity index (χ0) is 14.5. The maximum atomic E-state index is 13.0. The fourth-order valence-electron chi connectivity index (χ4n) is 3.09. The average Bonchev–Trinajstić information content (AvgIpc) is 2.99. The second-order valence-corrected chi connectivity index (χ2v) is 5.79. The minimum Gasteiger partial charge on any atom is -0.363 e. The Morgan fingerprint density at radius 2 is 2.00 bits per heavy atom. The second kappa shape index (κ2) is 4.49. The van der Waals surface area contributed by atoms with Gasteiger partial charge in [-0.2, -0.15) is 18.2 Å². The predicted molar refractivity (Wildman–Crippen MR) is 69.8 cm³/mol. The van der Waals surface area contributed by atoms with Crippen LogP contribution in [0.5, 0.6) is 0 Å². The molecule has 1 aromatic heterocycles. The van der Waals surface area contributed by atoms with Crippen LogP contribution in [0, 0.1) is 5.92 Å². The molecule has 1 aliphatic heterocycles. The van der Waals surface area contributed by atoms with E-state index in [-0.39, 0.29) is 5.95 Å². The molecule has 1 saturated carbocycles. The molecule has 2 bridgehead atoms. The largest absolute Gasteiger partial charge is 0.433 e. The van der Waals surface area contributed by atoms with Crippen molar-refractivity contribution in [2.45, 2.75) is 31.5 Å². The predicted octanol–water partition coefficient (Wildman–Crippen LogP) is 2.55. The van der Waals surface area contributed by atoms with Gasteiger partial charge in [0.25, 0.3) is 0 Å². The zero-order valence-electron chi connectivity index (χ0n) is 11.5. The molecule has 3 rings (SSSR count). The van der Waals surface area contributed by atoms with Crippen molar-refractivity contribution in [3.63, 3.8) is 0 Å². The summed E-state index contributed by atoms with van der Waals surface area (Å²) >= 11 is 0. The third kappa shape index (κ3) is 2.29. The first-order valence-electron chi connectivity index (χ1n) is 6.75. The Morgan fingerprint density at radius 1 is 1.25 bits per heavy atom. The SMILES string of the molecule is CN(C)c1cc(C(F)(F)F)nc(N2CC3CCC2C3)n1. The van der Waals surface area contributed by atoms with Gasteiger partial charge in [0.2, 0.25) is 5.95 Å². The Morgan fingerprint density at radius 3 is 2.50 bits per heavy atom. The van der Waals surface area contributed by atoms with E-state index in [9.17, 15) is 13.2 Å². The van der Waals surface area contributed by atoms with E-state index in [1.54, 1.807) is 19.0 Å². The lowest BCUT2D eigenvalue weighted by atomic mass is 10.1. The molecular formula is C13H17F3N4. The topological polar surface area (TPSA) is 32.3 Å². The number of alkyl halides is 3. The first-order valence-corrected chi connectivity index (χ1v) is 6.75. The Hall–Kier alpha value is -1.53. The summed E-state index contributed by atoms with van der Waals surface area (Å²) in [6.45, 7) is 0.777. The number of anilines is 2. The van der Waals surface area contributed by atoms with E-state index in [1.807, 2.05) is 4.90 Å². The van der Waals surface area contributed by atoms with Crippen LogP contribution in [0.4, 0.5) is 24.9 Å². The number of rotatable bonds is 2. The smallest absolute Gasteiger partial charge is 0.363 e. The third-order valence-corrected chi connectivity index (χ3v) is 4.12. The number of fused-ring (bicyclic) bond motifs is 2. The van der Waals surface area contributed by atoms with Crippen LogP contribution < -0.4 is 9.80 Å². The summed E-state index contributed by atoms with van der Waals surface area (Å²) in [4.78, 5) is 11.6. The standard InChI is InChI=1S/C13H17F3N4/c1-19(2)11-6-10(13(14,15)16)17-12(18-11)20-7-8-3-4-9(20)5-8/h6,8-9H,3-5,7H2,1-2H3. The van der Waals surface area contributed by atoms with Crippen LogP contribution in [0.15, 0.2) is 6.07 Å². The molecule has 2 aliphatic rings. The molecule has 1 aliphatic carbocycles. The van der Waals surface area contributed by atoms with Gasteiger partial charge in [-0.25, -0.2) is 4.98 Å². The monoisotopic (exact) mass is 286 g/mol. The minimum atomic E-state index is -4.44. The molecule has 7 heteroatoms. The van der Waals surface area contributed by atoms with Crippen molar-refractivity contribution in [2.24, 2.45) is 5.92 Å². The molecule has 0 spiro atoms. The van der Waals surface area contributed by atoms with Crippen molar-refractivity contribution in [3.8, 4) is 0 Å². The van der Waals surface area contributed by atoms with Crippen molar-refractivity contribution in [2.75, 3.05) is 30.4 Å². The maximum absolute atomic E-state index is 13.0. The lowest BCUT2D eigenvalue weighted by molar-refractivity contribution is -0.141. The first kappa shape index (κ1) is 13.5. The van der Waals surface area contributed by atoms with E-state index in [2.05, 4.69) is 9.97 Å². The van der Waals surface area contributed by atoms with Crippen LogP contribution in [0.2, 0.25) is 0 Å². The van der Waals surface area contributed by atoms with Crippen LogP contribution in [0.1, 0.15) is 25.0 Å². The fraction of sp³-hybridized carbons (Fsp3) is 0.692. The highest BCUT2D eigenvalue weighted by Gasteiger charge is 2.41. The Balaban J connectivity index is 1.99. The molecule has 1 aromatic rings. The molecule has 0 amide bonds. The summed E-state index contributed by atoms with van der Waals surface area (Å²) in [6, 6.07) is 1.30. The number of halogens is 3. The van der Waals surface area contributed by atoms with Gasteiger partial charge >= 0.3 is 6.18 Å². The summed E-state index contributed by atoms with van der Waals surface area (Å²) in [5.74, 6) is 1.10. The summed E-state index contributed by atoms with van der Waals surface area (Å²) < 4.78 is 38.9. The second-order valence-electron chi connectivity index (χ2n) is 5.79. The molecule has 4 nitrogen and oxygen atoms in total. The Bertz CT molecular complexity index is 515. The van der Waals surface area contributed by atoms with E-state index in [0.717, 1.165) is 25.5 Å². The first-order chi connectivity index (χ1) is 9.34. The van der Waals surface area contributed by atoms with Gasteiger partial charge in [-0.3, -0.25) is 0 Å². The molecule has 110 valence electrons. The van der Waals surface area contributed by atoms with Crippen molar-refractivity contribution >= 4 is 11.8 Å². The molecule has 2 fully saturated rings. The number of hydrogen-bond acceptors (Lipinski definition) is 4. The molecule has 2 heterocycles. The number of hydrogen-bond donors (Lipinski definition) is 0. The van der Waals surface area contributed by atoms with Crippen LogP contribution in [-0.2, 0) is 6.18 Å². The minimum absolute atomic E-state index is 0.218. The van der Waals surface area contributed by atoms with Crippen molar-refractivity contribution in [1.29, 1.82) is 0 Å². The van der Waals surface area contributed by atoms with E-state index in [4.69, 9.17) is 0 Å². The van der Waals surface area contributed by atoms with Crippen molar-refractivity contribution < 1.29 is 13.2 Å². The van der Waals surface area contributed by atoms with Crippen LogP contribution >= 0.6 is 0 Å². The summed E-state index contributed by atoms with van der Waals surface area (Å²) in [7, 11) is 3.37. The van der Waals surface area contributed by atoms with Gasteiger partial charge < -0.3 is 9.80 Å². The fourth-order valence-corrected chi connectivity index (χ4v) is 3.09. The average molecular weight is 286 g/mol. The molecule has 0 radical (unpaired) electrons. The molecule has 20 heavy (non-hydrogen) atoms. The van der Waals surface area contributed by atoms with Gasteiger partial charge in [-0.15, -0.1) is 0 Å². The van der Waals surface area contributed by atoms with Crippen LogP contribution in [0.3, 0.4) is 0 Å². The lowest BCUT2D eigenvalue weighted by Gasteiger charge is -2.28. The van der Waals surface area contributed by atoms with Gasteiger partial charge in [0.15, 0.2) is 5.69 Å².